The third kappa shape index (κ3) is 9.47. The lowest BCUT2D eigenvalue weighted by Crippen LogP contribution is -2.55. The van der Waals surface area contributed by atoms with E-state index in [0.29, 0.717) is 11.1 Å². The Morgan fingerprint density at radius 2 is 1.59 bits per heavy atom. The Balaban J connectivity index is 2.60. The van der Waals surface area contributed by atoms with Crippen LogP contribution in [0.5, 0.6) is 11.5 Å². The molecular weight excluding hydrogens is 502 g/mol. The smallest absolute Gasteiger partial charge is 0.408 e. The Morgan fingerprint density at radius 3 is 2.13 bits per heavy atom. The summed E-state index contributed by atoms with van der Waals surface area (Å²) in [5.74, 6) is -1.35. The fourth-order valence-electron chi connectivity index (χ4n) is 3.98. The van der Waals surface area contributed by atoms with E-state index in [-0.39, 0.29) is 30.0 Å². The summed E-state index contributed by atoms with van der Waals surface area (Å²) in [5, 5.41) is 36.0. The van der Waals surface area contributed by atoms with Crippen molar-refractivity contribution in [2.75, 3.05) is 13.2 Å². The molecular formula is C29H41N3O7. The fourth-order valence-corrected chi connectivity index (χ4v) is 3.98. The molecule has 0 fully saturated rings. The second-order valence-corrected chi connectivity index (χ2v) is 11.5. The van der Waals surface area contributed by atoms with Crippen molar-refractivity contribution in [1.82, 2.24) is 15.5 Å². The average molecular weight is 544 g/mol. The number of aryl methyl sites for hydroxylation is 1. The molecule has 10 heteroatoms. The van der Waals surface area contributed by atoms with Crippen molar-refractivity contribution in [3.63, 3.8) is 0 Å². The number of nitrogens with zero attached hydrogens (tertiary/aromatic N) is 1. The van der Waals surface area contributed by atoms with Gasteiger partial charge in [0.1, 0.15) is 29.2 Å². The molecule has 2 aromatic rings. The summed E-state index contributed by atoms with van der Waals surface area (Å²) in [6, 6.07) is 8.50. The second-order valence-electron chi connectivity index (χ2n) is 11.5. The average Bonchev–Trinajstić information content (AvgIpc) is 2.79. The zero-order valence-corrected chi connectivity index (χ0v) is 23.7. The number of nitrogens with one attached hydrogen (secondary N) is 2. The highest BCUT2D eigenvalue weighted by Crippen LogP contribution is 2.32. The topological polar surface area (TPSA) is 148 Å². The molecule has 0 aliphatic carbocycles. The van der Waals surface area contributed by atoms with Crippen molar-refractivity contribution < 1.29 is 34.4 Å². The van der Waals surface area contributed by atoms with E-state index in [4.69, 9.17) is 4.74 Å². The Hall–Kier alpha value is -3.79. The van der Waals surface area contributed by atoms with Gasteiger partial charge in [0, 0.05) is 24.1 Å². The number of para-hydroxylation sites is 1. The molecule has 0 aliphatic rings. The van der Waals surface area contributed by atoms with E-state index in [2.05, 4.69) is 10.6 Å². The summed E-state index contributed by atoms with van der Waals surface area (Å²) in [4.78, 5) is 41.7. The van der Waals surface area contributed by atoms with Gasteiger partial charge in [-0.05, 0) is 71.7 Å². The Morgan fingerprint density at radius 1 is 0.974 bits per heavy atom. The molecule has 0 aliphatic heterocycles. The lowest BCUT2D eigenvalue weighted by molar-refractivity contribution is -0.143. The molecule has 0 saturated heterocycles. The number of aliphatic hydroxyl groups is 1. The van der Waals surface area contributed by atoms with Gasteiger partial charge in [-0.3, -0.25) is 9.59 Å². The molecule has 0 radical (unpaired) electrons. The molecule has 2 atom stereocenters. The van der Waals surface area contributed by atoms with E-state index in [1.54, 1.807) is 78.8 Å². The zero-order chi connectivity index (χ0) is 29.5. The molecule has 0 aromatic heterocycles. The van der Waals surface area contributed by atoms with Crippen molar-refractivity contribution in [2.24, 2.45) is 0 Å². The Bertz CT molecular complexity index is 1150. The van der Waals surface area contributed by atoms with Crippen molar-refractivity contribution >= 4 is 17.9 Å². The minimum atomic E-state index is -1.31. The third-order valence-corrected chi connectivity index (χ3v) is 5.61. The van der Waals surface area contributed by atoms with Crippen LogP contribution in [-0.4, -0.2) is 68.5 Å². The summed E-state index contributed by atoms with van der Waals surface area (Å²) in [6.45, 7) is 11.4. The molecule has 2 unspecified atom stereocenters. The monoisotopic (exact) mass is 543 g/mol. The highest BCUT2D eigenvalue weighted by molar-refractivity contribution is 5.93. The molecule has 2 rings (SSSR count). The zero-order valence-electron chi connectivity index (χ0n) is 23.7. The number of carbonyl (C=O) groups is 3. The third-order valence-electron chi connectivity index (χ3n) is 5.61. The van der Waals surface area contributed by atoms with Crippen molar-refractivity contribution in [3.05, 3.63) is 59.2 Å². The first-order chi connectivity index (χ1) is 18.0. The van der Waals surface area contributed by atoms with Crippen molar-refractivity contribution in [3.8, 4) is 11.5 Å². The maximum absolute atomic E-state index is 14.1. The van der Waals surface area contributed by atoms with Gasteiger partial charge in [-0.1, -0.05) is 30.3 Å². The summed E-state index contributed by atoms with van der Waals surface area (Å²) >= 11 is 0. The van der Waals surface area contributed by atoms with E-state index in [1.807, 2.05) is 0 Å². The number of amides is 3. The van der Waals surface area contributed by atoms with Crippen LogP contribution in [0.2, 0.25) is 0 Å². The molecule has 214 valence electrons. The van der Waals surface area contributed by atoms with Crippen LogP contribution >= 0.6 is 0 Å². The van der Waals surface area contributed by atoms with Gasteiger partial charge in [0.05, 0.1) is 6.61 Å². The van der Waals surface area contributed by atoms with E-state index in [9.17, 15) is 29.7 Å². The van der Waals surface area contributed by atoms with Crippen LogP contribution in [0.4, 0.5) is 4.79 Å². The first kappa shape index (κ1) is 31.4. The summed E-state index contributed by atoms with van der Waals surface area (Å²) in [5.41, 5.74) is -0.184. The van der Waals surface area contributed by atoms with Gasteiger partial charge in [0.25, 0.3) is 0 Å². The number of carbonyl (C=O) groups excluding carboxylic acids is 3. The molecule has 0 bridgehead atoms. The van der Waals surface area contributed by atoms with Crippen LogP contribution in [0.25, 0.3) is 0 Å². The molecule has 5 N–H and O–H groups in total. The number of phenolic OH excluding ortho intramolecular Hbond substituents is 2. The van der Waals surface area contributed by atoms with Crippen molar-refractivity contribution in [2.45, 2.75) is 78.1 Å². The number of hydrogen-bond donors (Lipinski definition) is 5. The summed E-state index contributed by atoms with van der Waals surface area (Å²) in [7, 11) is 0. The first-order valence-electron chi connectivity index (χ1n) is 12.8. The number of benzene rings is 2. The fraction of sp³-hybridized carbons (Fsp3) is 0.483. The molecule has 39 heavy (non-hydrogen) atoms. The van der Waals surface area contributed by atoms with Gasteiger partial charge in [0.2, 0.25) is 11.8 Å². The van der Waals surface area contributed by atoms with Crippen molar-refractivity contribution in [1.29, 1.82) is 0 Å². The minimum absolute atomic E-state index is 0.00763. The lowest BCUT2D eigenvalue weighted by Gasteiger charge is -2.36. The van der Waals surface area contributed by atoms with E-state index < -0.39 is 47.7 Å². The van der Waals surface area contributed by atoms with Crippen LogP contribution < -0.4 is 10.6 Å². The maximum Gasteiger partial charge on any atom is 0.408 e. The van der Waals surface area contributed by atoms with E-state index >= 15 is 0 Å². The van der Waals surface area contributed by atoms with Gasteiger partial charge in [0.15, 0.2) is 0 Å². The van der Waals surface area contributed by atoms with Gasteiger partial charge in [-0.2, -0.15) is 0 Å². The Labute approximate surface area is 230 Å². The number of aliphatic hydroxyl groups excluding tert-OH is 1. The number of hydrogen-bond acceptors (Lipinski definition) is 7. The largest absolute Gasteiger partial charge is 0.508 e. The summed E-state index contributed by atoms with van der Waals surface area (Å²) in [6.07, 6.45) is -0.828. The van der Waals surface area contributed by atoms with Gasteiger partial charge >= 0.3 is 6.09 Å². The first-order valence-corrected chi connectivity index (χ1v) is 12.8. The maximum atomic E-state index is 14.1. The number of aromatic hydroxyl groups is 2. The number of ether oxygens (including phenoxy) is 1. The standard InChI is InChI=1S/C29H41N3O7/c1-18-9-8-10-21(24(18)35)23(25(36)31-28(2,3)4)32(15-16-33)26(37)22(30-27(38)39-29(5,6)7)17-19-11-13-20(34)14-12-19/h8-14,22-23,33-35H,15-17H2,1-7H3,(H,30,38)(H,31,36). The SMILES string of the molecule is Cc1cccc(C(C(=O)NC(C)(C)C)N(CCO)C(=O)C(Cc2ccc(O)cc2)NC(=O)OC(C)(C)C)c1O. The Kier molecular flexibility index (Phi) is 10.3. The van der Waals surface area contributed by atoms with Crippen LogP contribution in [0.15, 0.2) is 42.5 Å². The predicted molar refractivity (Wildman–Crippen MR) is 147 cm³/mol. The molecule has 3 amide bonds. The van der Waals surface area contributed by atoms with Crippen LogP contribution in [-0.2, 0) is 20.7 Å². The number of rotatable bonds is 9. The van der Waals surface area contributed by atoms with Gasteiger partial charge < -0.3 is 35.6 Å². The summed E-state index contributed by atoms with van der Waals surface area (Å²) < 4.78 is 5.38. The van der Waals surface area contributed by atoms with Crippen LogP contribution in [0, 0.1) is 6.92 Å². The van der Waals surface area contributed by atoms with Crippen LogP contribution in [0.3, 0.4) is 0 Å². The molecule has 0 saturated carbocycles. The minimum Gasteiger partial charge on any atom is -0.508 e. The lowest BCUT2D eigenvalue weighted by atomic mass is 9.97. The van der Waals surface area contributed by atoms with Gasteiger partial charge in [-0.15, -0.1) is 0 Å². The highest BCUT2D eigenvalue weighted by Gasteiger charge is 2.38. The highest BCUT2D eigenvalue weighted by atomic mass is 16.6. The van der Waals surface area contributed by atoms with Crippen LogP contribution in [0.1, 0.15) is 64.3 Å². The molecule has 0 spiro atoms. The van der Waals surface area contributed by atoms with Gasteiger partial charge in [-0.25, -0.2) is 4.79 Å². The molecule has 0 heterocycles. The van der Waals surface area contributed by atoms with E-state index in [0.717, 1.165) is 4.90 Å². The number of phenols is 2. The number of alkyl carbamates (subject to hydrolysis) is 1. The quantitative estimate of drug-likeness (QED) is 0.326. The van der Waals surface area contributed by atoms with E-state index in [1.165, 1.54) is 12.1 Å². The molecule has 2 aromatic carbocycles. The second kappa shape index (κ2) is 12.8. The normalized spacial score (nSPS) is 13.2. The predicted octanol–water partition coefficient (Wildman–Crippen LogP) is 3.32. The molecule has 10 nitrogen and oxygen atoms in total.